The van der Waals surface area contributed by atoms with Gasteiger partial charge in [0.15, 0.2) is 0 Å². The lowest BCUT2D eigenvalue weighted by molar-refractivity contribution is 0.338. The molecule has 3 heteroatoms. The molecule has 0 radical (unpaired) electrons. The normalized spacial score (nSPS) is 10.5. The van der Waals surface area contributed by atoms with Crippen molar-refractivity contribution in [2.75, 3.05) is 31.0 Å². The second-order valence-corrected chi connectivity index (χ2v) is 6.89. The van der Waals surface area contributed by atoms with Gasteiger partial charge in [-0.3, -0.25) is 0 Å². The van der Waals surface area contributed by atoms with Gasteiger partial charge in [0.25, 0.3) is 0 Å². The van der Waals surface area contributed by atoms with E-state index in [0.717, 1.165) is 36.2 Å². The van der Waals surface area contributed by atoms with Gasteiger partial charge in [-0.2, -0.15) is 0 Å². The third-order valence-electron chi connectivity index (χ3n) is 2.89. The summed E-state index contributed by atoms with van der Waals surface area (Å²) in [5.41, 5.74) is 0. The molecular weight excluding hydrogens is 268 g/mol. The number of hydrogen-bond acceptors (Lipinski definition) is 2. The molecule has 0 saturated carbocycles. The van der Waals surface area contributed by atoms with E-state index in [-0.39, 0.29) is 0 Å². The molecule has 0 heterocycles. The molecule has 0 aliphatic carbocycles. The summed E-state index contributed by atoms with van der Waals surface area (Å²) in [7, 11) is 0.333. The Hall–Kier alpha value is -1.61. The van der Waals surface area contributed by atoms with Crippen LogP contribution in [0.1, 0.15) is 0 Å². The monoisotopic (exact) mass is 289 g/mol. The summed E-state index contributed by atoms with van der Waals surface area (Å²) in [6, 6.07) is 19.9. The predicted octanol–water partition coefficient (Wildman–Crippen LogP) is 3.39. The zero-order valence-electron chi connectivity index (χ0n) is 11.8. The van der Waals surface area contributed by atoms with Crippen molar-refractivity contribution in [1.29, 1.82) is 0 Å². The molecule has 0 spiro atoms. The summed E-state index contributed by atoms with van der Waals surface area (Å²) in [5.74, 6) is 4.05. The van der Waals surface area contributed by atoms with Crippen LogP contribution in [0.15, 0.2) is 60.7 Å². The minimum atomic E-state index is 0.333. The molecule has 0 amide bonds. The number of benzene rings is 2. The fraction of sp³-hybridized carbons (Fsp3) is 0.294. The molecule has 0 bridgehead atoms. The summed E-state index contributed by atoms with van der Waals surface area (Å²) in [4.78, 5) is 0. The van der Waals surface area contributed by atoms with E-state index >= 15 is 0 Å². The van der Waals surface area contributed by atoms with Crippen molar-refractivity contribution in [3.8, 4) is 11.5 Å². The van der Waals surface area contributed by atoms with Crippen molar-refractivity contribution in [3.05, 3.63) is 60.7 Å². The van der Waals surface area contributed by atoms with Crippen molar-refractivity contribution in [2.45, 2.75) is 0 Å². The van der Waals surface area contributed by atoms with Crippen LogP contribution >= 0.6 is 0 Å². The lowest BCUT2D eigenvalue weighted by Gasteiger charge is -2.08. The highest BCUT2D eigenvalue weighted by Gasteiger charge is 2.11. The molecule has 2 aromatic carbocycles. The fourth-order valence-electron chi connectivity index (χ4n) is 1.74. The molecule has 0 saturated heterocycles. The zero-order chi connectivity index (χ0) is 14.0. The Balaban J connectivity index is 1.58. The minimum absolute atomic E-state index is 0.333. The fourth-order valence-corrected chi connectivity index (χ4v) is 2.68. The molecular formula is C17H21O2S+. The van der Waals surface area contributed by atoms with E-state index in [4.69, 9.17) is 9.47 Å². The van der Waals surface area contributed by atoms with Gasteiger partial charge in [-0.15, -0.1) is 0 Å². The van der Waals surface area contributed by atoms with E-state index < -0.39 is 0 Å². The Labute approximate surface area is 124 Å². The number of rotatable bonds is 8. The summed E-state index contributed by atoms with van der Waals surface area (Å²) in [6.45, 7) is 1.55. The van der Waals surface area contributed by atoms with E-state index in [9.17, 15) is 0 Å². The second kappa shape index (κ2) is 8.54. The smallest absolute Gasteiger partial charge is 0.141 e. The third-order valence-corrected chi connectivity index (χ3v) is 4.61. The van der Waals surface area contributed by atoms with Gasteiger partial charge in [0.1, 0.15) is 36.2 Å². The molecule has 0 aliphatic rings. The van der Waals surface area contributed by atoms with Crippen molar-refractivity contribution >= 4 is 10.9 Å². The van der Waals surface area contributed by atoms with Crippen molar-refractivity contribution in [1.82, 2.24) is 0 Å². The molecule has 0 N–H and O–H groups in total. The number of hydrogen-bond donors (Lipinski definition) is 0. The maximum Gasteiger partial charge on any atom is 0.141 e. The Morgan fingerprint density at radius 2 is 1.10 bits per heavy atom. The van der Waals surface area contributed by atoms with E-state index in [1.165, 1.54) is 0 Å². The largest absolute Gasteiger partial charge is 0.489 e. The minimum Gasteiger partial charge on any atom is -0.489 e. The highest BCUT2D eigenvalue weighted by atomic mass is 32.2. The first-order valence-corrected chi connectivity index (χ1v) is 8.76. The molecule has 0 aliphatic heterocycles. The molecule has 2 aromatic rings. The molecule has 0 unspecified atom stereocenters. The van der Waals surface area contributed by atoms with Crippen LogP contribution < -0.4 is 9.47 Å². The van der Waals surface area contributed by atoms with Crippen molar-refractivity contribution < 1.29 is 9.47 Å². The highest BCUT2D eigenvalue weighted by molar-refractivity contribution is 7.96. The van der Waals surface area contributed by atoms with Crippen LogP contribution in [0.2, 0.25) is 0 Å². The standard InChI is InChI=1S/C17H21O2S/c1-20(14-12-18-16-8-4-2-5-9-16)15-13-19-17-10-6-3-7-11-17/h2-11H,12-15H2,1H3/q+1. The summed E-state index contributed by atoms with van der Waals surface area (Å²) in [5, 5.41) is 0. The summed E-state index contributed by atoms with van der Waals surface area (Å²) in [6.07, 6.45) is 2.27. The molecule has 2 rings (SSSR count). The first kappa shape index (κ1) is 14.8. The third kappa shape index (κ3) is 5.57. The van der Waals surface area contributed by atoms with Crippen LogP contribution in [0, 0.1) is 0 Å². The molecule has 20 heavy (non-hydrogen) atoms. The van der Waals surface area contributed by atoms with Gasteiger partial charge < -0.3 is 9.47 Å². The first-order valence-electron chi connectivity index (χ1n) is 6.79. The Morgan fingerprint density at radius 3 is 1.50 bits per heavy atom. The molecule has 2 nitrogen and oxygen atoms in total. The SMILES string of the molecule is C[S+](CCOc1ccccc1)CCOc1ccccc1. The maximum absolute atomic E-state index is 5.71. The van der Waals surface area contributed by atoms with E-state index in [2.05, 4.69) is 6.26 Å². The van der Waals surface area contributed by atoms with Crippen LogP contribution in [0.5, 0.6) is 11.5 Å². The quantitative estimate of drug-likeness (QED) is 0.694. The maximum atomic E-state index is 5.71. The van der Waals surface area contributed by atoms with E-state index in [0.29, 0.717) is 10.9 Å². The summed E-state index contributed by atoms with van der Waals surface area (Å²) < 4.78 is 11.4. The highest BCUT2D eigenvalue weighted by Crippen LogP contribution is 2.09. The van der Waals surface area contributed by atoms with Crippen LogP contribution in [0.3, 0.4) is 0 Å². The van der Waals surface area contributed by atoms with E-state index in [1.54, 1.807) is 0 Å². The second-order valence-electron chi connectivity index (χ2n) is 4.51. The average molecular weight is 289 g/mol. The first-order chi connectivity index (χ1) is 9.84. The van der Waals surface area contributed by atoms with Gasteiger partial charge in [-0.1, -0.05) is 36.4 Å². The van der Waals surface area contributed by atoms with E-state index in [1.807, 2.05) is 60.7 Å². The Bertz CT molecular complexity index is 427. The lowest BCUT2D eigenvalue weighted by Crippen LogP contribution is -2.20. The van der Waals surface area contributed by atoms with Crippen LogP contribution in [-0.4, -0.2) is 31.0 Å². The lowest BCUT2D eigenvalue weighted by atomic mass is 10.3. The van der Waals surface area contributed by atoms with Gasteiger partial charge >= 0.3 is 0 Å². The van der Waals surface area contributed by atoms with Crippen LogP contribution in [-0.2, 0) is 10.9 Å². The van der Waals surface area contributed by atoms with Gasteiger partial charge in [0, 0.05) is 0 Å². The Morgan fingerprint density at radius 1 is 0.700 bits per heavy atom. The van der Waals surface area contributed by atoms with Crippen LogP contribution in [0.4, 0.5) is 0 Å². The van der Waals surface area contributed by atoms with Crippen molar-refractivity contribution in [3.63, 3.8) is 0 Å². The number of para-hydroxylation sites is 2. The topological polar surface area (TPSA) is 18.5 Å². The molecule has 0 atom stereocenters. The van der Waals surface area contributed by atoms with Gasteiger partial charge in [-0.25, -0.2) is 0 Å². The van der Waals surface area contributed by atoms with Gasteiger partial charge in [0.2, 0.25) is 0 Å². The predicted molar refractivity (Wildman–Crippen MR) is 86.9 cm³/mol. The van der Waals surface area contributed by atoms with Crippen molar-refractivity contribution in [2.24, 2.45) is 0 Å². The van der Waals surface area contributed by atoms with Gasteiger partial charge in [0.05, 0.1) is 6.26 Å². The zero-order valence-corrected chi connectivity index (χ0v) is 12.6. The van der Waals surface area contributed by atoms with Crippen LogP contribution in [0.25, 0.3) is 0 Å². The molecule has 0 fully saturated rings. The average Bonchev–Trinajstić information content (AvgIpc) is 2.49. The van der Waals surface area contributed by atoms with Gasteiger partial charge in [-0.05, 0) is 35.2 Å². The number of ether oxygens (including phenoxy) is 2. The Kier molecular flexibility index (Phi) is 6.32. The summed E-state index contributed by atoms with van der Waals surface area (Å²) >= 11 is 0. The molecule has 106 valence electrons. The molecule has 0 aromatic heterocycles.